The number of ether oxygens (including phenoxy) is 1. The predicted octanol–water partition coefficient (Wildman–Crippen LogP) is 1.36. The second-order valence-electron chi connectivity index (χ2n) is 6.46. The Morgan fingerprint density at radius 3 is 2.29 bits per heavy atom. The summed E-state index contributed by atoms with van der Waals surface area (Å²) in [6.07, 6.45) is 2.48. The van der Waals surface area contributed by atoms with Gasteiger partial charge in [-0.05, 0) is 19.3 Å². The van der Waals surface area contributed by atoms with E-state index < -0.39 is 11.4 Å². The number of hydrogen-bond donors (Lipinski definition) is 1. The largest absolute Gasteiger partial charge is 0.481 e. The van der Waals surface area contributed by atoms with E-state index in [4.69, 9.17) is 4.74 Å². The minimum Gasteiger partial charge on any atom is -0.481 e. The molecule has 1 saturated heterocycles. The molecule has 1 aliphatic heterocycles. The molecule has 1 atom stereocenters. The monoisotopic (exact) mass is 342 g/mol. The summed E-state index contributed by atoms with van der Waals surface area (Å²) < 4.78 is 5.02. The molecule has 0 aromatic heterocycles. The first kappa shape index (κ1) is 20.4. The number of aliphatic carboxylic acids is 1. The van der Waals surface area contributed by atoms with Gasteiger partial charge in [-0.2, -0.15) is 0 Å². The van der Waals surface area contributed by atoms with E-state index in [1.165, 1.54) is 7.11 Å². The second kappa shape index (κ2) is 9.61. The van der Waals surface area contributed by atoms with Crippen LogP contribution in [0.15, 0.2) is 0 Å². The molecule has 138 valence electrons. The third-order valence-electron chi connectivity index (χ3n) is 4.47. The zero-order valence-electron chi connectivity index (χ0n) is 15.0. The van der Waals surface area contributed by atoms with Crippen LogP contribution < -0.4 is 0 Å². The average molecular weight is 342 g/mol. The van der Waals surface area contributed by atoms with Crippen LogP contribution in [0, 0.1) is 5.41 Å². The van der Waals surface area contributed by atoms with Crippen molar-refractivity contribution in [1.29, 1.82) is 0 Å². The molecule has 0 aliphatic carbocycles. The molecule has 1 rings (SSSR count). The molecule has 7 nitrogen and oxygen atoms in total. The van der Waals surface area contributed by atoms with Crippen molar-refractivity contribution in [3.8, 4) is 0 Å². The Labute approximate surface area is 143 Å². The fourth-order valence-corrected chi connectivity index (χ4v) is 3.15. The van der Waals surface area contributed by atoms with Crippen molar-refractivity contribution < 1.29 is 24.2 Å². The van der Waals surface area contributed by atoms with Gasteiger partial charge < -0.3 is 19.6 Å². The Morgan fingerprint density at radius 2 is 1.79 bits per heavy atom. The number of carboxylic acid groups (broad SMARTS) is 1. The van der Waals surface area contributed by atoms with Crippen molar-refractivity contribution in [3.05, 3.63) is 0 Å². The number of hydrogen-bond acceptors (Lipinski definition) is 4. The first-order valence-electron chi connectivity index (χ1n) is 8.68. The molecule has 2 amide bonds. The molecule has 1 N–H and O–H groups in total. The van der Waals surface area contributed by atoms with Crippen molar-refractivity contribution in [2.24, 2.45) is 5.41 Å². The molecule has 1 fully saturated rings. The van der Waals surface area contributed by atoms with Crippen LogP contribution in [0.2, 0.25) is 0 Å². The highest BCUT2D eigenvalue weighted by molar-refractivity contribution is 5.85. The lowest BCUT2D eigenvalue weighted by atomic mass is 9.88. The summed E-state index contributed by atoms with van der Waals surface area (Å²) in [6.45, 7) is 6.10. The van der Waals surface area contributed by atoms with Crippen molar-refractivity contribution in [2.45, 2.75) is 46.0 Å². The van der Waals surface area contributed by atoms with Crippen LogP contribution in [0.4, 0.5) is 0 Å². The lowest BCUT2D eigenvalue weighted by Gasteiger charge is -2.24. The summed E-state index contributed by atoms with van der Waals surface area (Å²) in [5.74, 6) is -1.10. The van der Waals surface area contributed by atoms with Gasteiger partial charge in [0.2, 0.25) is 11.8 Å². The molecule has 0 radical (unpaired) electrons. The fourth-order valence-electron chi connectivity index (χ4n) is 3.15. The quantitative estimate of drug-likeness (QED) is 0.648. The lowest BCUT2D eigenvalue weighted by Crippen LogP contribution is -2.40. The summed E-state index contributed by atoms with van der Waals surface area (Å²) in [6, 6.07) is 0. The van der Waals surface area contributed by atoms with Gasteiger partial charge in [-0.1, -0.05) is 13.8 Å². The molecule has 0 spiro atoms. The zero-order valence-corrected chi connectivity index (χ0v) is 15.0. The van der Waals surface area contributed by atoms with Crippen LogP contribution >= 0.6 is 0 Å². The number of nitrogens with zero attached hydrogens (tertiary/aromatic N) is 2. The van der Waals surface area contributed by atoms with E-state index >= 15 is 0 Å². The van der Waals surface area contributed by atoms with Gasteiger partial charge in [0.25, 0.3) is 0 Å². The summed E-state index contributed by atoms with van der Waals surface area (Å²) in [5.41, 5.74) is -1.02. The van der Waals surface area contributed by atoms with Gasteiger partial charge in [-0.3, -0.25) is 14.4 Å². The maximum absolute atomic E-state index is 12.3. The van der Waals surface area contributed by atoms with Gasteiger partial charge in [0.05, 0.1) is 6.61 Å². The number of carbonyl (C=O) groups excluding carboxylic acids is 2. The average Bonchev–Trinajstić information content (AvgIpc) is 2.98. The summed E-state index contributed by atoms with van der Waals surface area (Å²) in [7, 11) is 1.46. The molecule has 1 aliphatic rings. The first-order chi connectivity index (χ1) is 11.4. The standard InChI is InChI=1S/C17H30N2O5/c1-4-9-18(10-5-2)14(20)6-7-15(21)19-11-8-17(12-19,13-24-3)16(22)23/h4-13H2,1-3H3,(H,22,23). The zero-order chi connectivity index (χ0) is 18.2. The van der Waals surface area contributed by atoms with Crippen LogP contribution in [0.5, 0.6) is 0 Å². The normalized spacial score (nSPS) is 20.2. The summed E-state index contributed by atoms with van der Waals surface area (Å²) in [4.78, 5) is 39.4. The van der Waals surface area contributed by atoms with Crippen LogP contribution in [0.1, 0.15) is 46.0 Å². The van der Waals surface area contributed by atoms with Crippen LogP contribution in [-0.2, 0) is 19.1 Å². The Bertz CT molecular complexity index is 448. The molecule has 0 aromatic carbocycles. The van der Waals surface area contributed by atoms with Gasteiger partial charge >= 0.3 is 5.97 Å². The molecular formula is C17H30N2O5. The number of carbonyl (C=O) groups is 3. The van der Waals surface area contributed by atoms with E-state index in [2.05, 4.69) is 0 Å². The van der Waals surface area contributed by atoms with E-state index in [1.54, 1.807) is 9.80 Å². The second-order valence-corrected chi connectivity index (χ2v) is 6.46. The third-order valence-corrected chi connectivity index (χ3v) is 4.47. The minimum absolute atomic E-state index is 0.00682. The van der Waals surface area contributed by atoms with Crippen LogP contribution in [-0.4, -0.2) is 72.6 Å². The minimum atomic E-state index is -1.02. The Balaban J connectivity index is 2.54. The number of likely N-dealkylation sites (tertiary alicyclic amines) is 1. The highest BCUT2D eigenvalue weighted by Gasteiger charge is 2.46. The fraction of sp³-hybridized carbons (Fsp3) is 0.824. The molecule has 0 saturated carbocycles. The molecule has 7 heteroatoms. The highest BCUT2D eigenvalue weighted by Crippen LogP contribution is 2.31. The number of carboxylic acids is 1. The Kier molecular flexibility index (Phi) is 8.18. The van der Waals surface area contributed by atoms with Gasteiger partial charge in [0, 0.05) is 46.1 Å². The topological polar surface area (TPSA) is 87.2 Å². The Hall–Kier alpha value is -1.63. The van der Waals surface area contributed by atoms with E-state index in [1.807, 2.05) is 13.8 Å². The maximum atomic E-state index is 12.3. The van der Waals surface area contributed by atoms with Crippen molar-refractivity contribution in [3.63, 3.8) is 0 Å². The van der Waals surface area contributed by atoms with Crippen molar-refractivity contribution >= 4 is 17.8 Å². The molecular weight excluding hydrogens is 312 g/mol. The van der Waals surface area contributed by atoms with E-state index in [-0.39, 0.29) is 37.8 Å². The van der Waals surface area contributed by atoms with E-state index in [9.17, 15) is 19.5 Å². The smallest absolute Gasteiger partial charge is 0.313 e. The highest BCUT2D eigenvalue weighted by atomic mass is 16.5. The van der Waals surface area contributed by atoms with Crippen molar-refractivity contribution in [2.75, 3.05) is 39.9 Å². The van der Waals surface area contributed by atoms with E-state index in [0.29, 0.717) is 26.1 Å². The SMILES string of the molecule is CCCN(CCC)C(=O)CCC(=O)N1CCC(COC)(C(=O)O)C1. The maximum Gasteiger partial charge on any atom is 0.313 e. The first-order valence-corrected chi connectivity index (χ1v) is 8.68. The number of rotatable bonds is 10. The van der Waals surface area contributed by atoms with Gasteiger partial charge in [0.1, 0.15) is 5.41 Å². The molecule has 24 heavy (non-hydrogen) atoms. The molecule has 0 aromatic rings. The van der Waals surface area contributed by atoms with Gasteiger partial charge in [-0.25, -0.2) is 0 Å². The summed E-state index contributed by atoms with van der Waals surface area (Å²) >= 11 is 0. The molecule has 1 unspecified atom stereocenters. The van der Waals surface area contributed by atoms with Crippen LogP contribution in [0.25, 0.3) is 0 Å². The Morgan fingerprint density at radius 1 is 1.17 bits per heavy atom. The third kappa shape index (κ3) is 5.19. The summed E-state index contributed by atoms with van der Waals surface area (Å²) in [5, 5.41) is 9.42. The number of methoxy groups -OCH3 is 1. The van der Waals surface area contributed by atoms with Crippen molar-refractivity contribution in [1.82, 2.24) is 9.80 Å². The van der Waals surface area contributed by atoms with Gasteiger partial charge in [-0.15, -0.1) is 0 Å². The van der Waals surface area contributed by atoms with Crippen LogP contribution in [0.3, 0.4) is 0 Å². The molecule has 1 heterocycles. The lowest BCUT2D eigenvalue weighted by molar-refractivity contribution is -0.151. The van der Waals surface area contributed by atoms with E-state index in [0.717, 1.165) is 12.8 Å². The molecule has 0 bridgehead atoms. The van der Waals surface area contributed by atoms with Gasteiger partial charge in [0.15, 0.2) is 0 Å². The predicted molar refractivity (Wildman–Crippen MR) is 89.5 cm³/mol. The number of amides is 2.